The first-order valence-electron chi connectivity index (χ1n) is 7.83. The Morgan fingerprint density at radius 2 is 1.75 bits per heavy atom. The quantitative estimate of drug-likeness (QED) is 0.784. The van der Waals surface area contributed by atoms with Crippen molar-refractivity contribution in [3.63, 3.8) is 0 Å². The van der Waals surface area contributed by atoms with Crippen molar-refractivity contribution in [1.82, 2.24) is 9.03 Å². The zero-order valence-corrected chi connectivity index (χ0v) is 13.3. The molecule has 0 aliphatic heterocycles. The lowest BCUT2D eigenvalue weighted by atomic mass is 9.88. The summed E-state index contributed by atoms with van der Waals surface area (Å²) in [5, 5.41) is 9.55. The topological polar surface area (TPSA) is 69.6 Å². The van der Waals surface area contributed by atoms with Crippen LogP contribution in [0.5, 0.6) is 0 Å². The molecule has 2 rings (SSSR count). The molecule has 2 saturated carbocycles. The third-order valence-electron chi connectivity index (χ3n) is 5.10. The molecule has 0 aromatic heterocycles. The molecule has 2 aliphatic rings. The Morgan fingerprint density at radius 1 is 1.15 bits per heavy atom. The Labute approximate surface area is 122 Å². The van der Waals surface area contributed by atoms with Crippen molar-refractivity contribution in [3.8, 4) is 0 Å². The van der Waals surface area contributed by atoms with E-state index in [-0.39, 0.29) is 18.1 Å². The van der Waals surface area contributed by atoms with Gasteiger partial charge in [0.1, 0.15) is 0 Å². The van der Waals surface area contributed by atoms with E-state index < -0.39 is 10.2 Å². The van der Waals surface area contributed by atoms with Gasteiger partial charge in [0.2, 0.25) is 0 Å². The molecule has 0 saturated heterocycles. The van der Waals surface area contributed by atoms with Crippen LogP contribution in [0.4, 0.5) is 0 Å². The first-order chi connectivity index (χ1) is 9.49. The van der Waals surface area contributed by atoms with Gasteiger partial charge in [0.15, 0.2) is 0 Å². The lowest BCUT2D eigenvalue weighted by Crippen LogP contribution is -2.48. The average molecular weight is 304 g/mol. The fourth-order valence-electron chi connectivity index (χ4n) is 3.50. The third kappa shape index (κ3) is 3.72. The van der Waals surface area contributed by atoms with Gasteiger partial charge in [0.25, 0.3) is 10.2 Å². The molecule has 0 heterocycles. The standard InChI is InChI=1S/C14H28N2O3S/c1-16(13-7-3-2-4-8-13)20(18,19)15-11-14(12-17)9-5-6-10-14/h13,15,17H,2-12H2,1H3. The first kappa shape index (κ1) is 16.2. The van der Waals surface area contributed by atoms with Crippen molar-refractivity contribution in [2.75, 3.05) is 20.2 Å². The van der Waals surface area contributed by atoms with Gasteiger partial charge in [0.05, 0.1) is 0 Å². The molecule has 0 atom stereocenters. The molecule has 5 nitrogen and oxygen atoms in total. The van der Waals surface area contributed by atoms with E-state index in [1.54, 1.807) is 7.05 Å². The average Bonchev–Trinajstić information content (AvgIpc) is 2.95. The second-order valence-electron chi connectivity index (χ2n) is 6.50. The largest absolute Gasteiger partial charge is 0.396 e. The predicted molar refractivity (Wildman–Crippen MR) is 79.5 cm³/mol. The zero-order valence-electron chi connectivity index (χ0n) is 12.5. The van der Waals surface area contributed by atoms with Gasteiger partial charge in [-0.2, -0.15) is 12.7 Å². The highest BCUT2D eigenvalue weighted by molar-refractivity contribution is 7.87. The third-order valence-corrected chi connectivity index (χ3v) is 6.66. The summed E-state index contributed by atoms with van der Waals surface area (Å²) < 4.78 is 29.0. The maximum Gasteiger partial charge on any atom is 0.279 e. The SMILES string of the molecule is CN(C1CCCCC1)S(=O)(=O)NCC1(CO)CCCC1. The molecular formula is C14H28N2O3S. The Bertz CT molecular complexity index is 399. The monoisotopic (exact) mass is 304 g/mol. The molecule has 0 bridgehead atoms. The molecule has 0 aromatic rings. The van der Waals surface area contributed by atoms with Gasteiger partial charge in [-0.3, -0.25) is 0 Å². The van der Waals surface area contributed by atoms with E-state index >= 15 is 0 Å². The van der Waals surface area contributed by atoms with E-state index in [2.05, 4.69) is 4.72 Å². The summed E-state index contributed by atoms with van der Waals surface area (Å²) >= 11 is 0. The molecule has 2 N–H and O–H groups in total. The molecule has 0 amide bonds. The van der Waals surface area contributed by atoms with Crippen LogP contribution in [0.3, 0.4) is 0 Å². The van der Waals surface area contributed by atoms with Crippen LogP contribution in [-0.4, -0.2) is 44.1 Å². The summed E-state index contributed by atoms with van der Waals surface area (Å²) in [6.45, 7) is 0.436. The van der Waals surface area contributed by atoms with Crippen molar-refractivity contribution in [2.45, 2.75) is 63.8 Å². The van der Waals surface area contributed by atoms with E-state index in [4.69, 9.17) is 0 Å². The van der Waals surface area contributed by atoms with E-state index in [1.807, 2.05) is 0 Å². The molecule has 0 aromatic carbocycles. The lowest BCUT2D eigenvalue weighted by molar-refractivity contribution is 0.133. The summed E-state index contributed by atoms with van der Waals surface area (Å²) in [6, 6.07) is 0.134. The summed E-state index contributed by atoms with van der Waals surface area (Å²) in [5.41, 5.74) is -0.236. The van der Waals surface area contributed by atoms with Crippen LogP contribution in [0.15, 0.2) is 0 Å². The Balaban J connectivity index is 1.92. The smallest absolute Gasteiger partial charge is 0.279 e. The molecule has 0 unspecified atom stereocenters. The fraction of sp³-hybridized carbons (Fsp3) is 1.00. The summed E-state index contributed by atoms with van der Waals surface area (Å²) in [7, 11) is -1.74. The minimum absolute atomic E-state index is 0.0721. The van der Waals surface area contributed by atoms with Crippen molar-refractivity contribution in [2.24, 2.45) is 5.41 Å². The van der Waals surface area contributed by atoms with Gasteiger partial charge in [-0.05, 0) is 25.7 Å². The minimum Gasteiger partial charge on any atom is -0.396 e. The number of hydrogen-bond donors (Lipinski definition) is 2. The van der Waals surface area contributed by atoms with Gasteiger partial charge in [-0.25, -0.2) is 4.72 Å². The second kappa shape index (κ2) is 6.73. The molecule has 20 heavy (non-hydrogen) atoms. The molecule has 6 heteroatoms. The zero-order chi connectivity index (χ0) is 14.6. The van der Waals surface area contributed by atoms with Gasteiger partial charge in [-0.15, -0.1) is 0 Å². The maximum atomic E-state index is 12.4. The van der Waals surface area contributed by atoms with Crippen LogP contribution in [-0.2, 0) is 10.2 Å². The Hall–Kier alpha value is -0.170. The highest BCUT2D eigenvalue weighted by atomic mass is 32.2. The van der Waals surface area contributed by atoms with Gasteiger partial charge >= 0.3 is 0 Å². The van der Waals surface area contributed by atoms with Crippen LogP contribution >= 0.6 is 0 Å². The molecule has 0 spiro atoms. The first-order valence-corrected chi connectivity index (χ1v) is 9.27. The van der Waals surface area contributed by atoms with Gasteiger partial charge in [-0.1, -0.05) is 32.1 Å². The van der Waals surface area contributed by atoms with E-state index in [1.165, 1.54) is 10.7 Å². The number of hydrogen-bond acceptors (Lipinski definition) is 3. The number of aliphatic hydroxyl groups is 1. The van der Waals surface area contributed by atoms with Crippen molar-refractivity contribution in [1.29, 1.82) is 0 Å². The summed E-state index contributed by atoms with van der Waals surface area (Å²) in [5.74, 6) is 0. The van der Waals surface area contributed by atoms with E-state index in [0.29, 0.717) is 6.54 Å². The summed E-state index contributed by atoms with van der Waals surface area (Å²) in [6.07, 6.45) is 9.37. The number of rotatable bonds is 6. The van der Waals surface area contributed by atoms with Crippen LogP contribution < -0.4 is 4.72 Å². The Kier molecular flexibility index (Phi) is 5.45. The van der Waals surface area contributed by atoms with Crippen molar-refractivity contribution in [3.05, 3.63) is 0 Å². The normalized spacial score (nSPS) is 24.4. The molecule has 2 fully saturated rings. The minimum atomic E-state index is -3.42. The highest BCUT2D eigenvalue weighted by Gasteiger charge is 2.36. The summed E-state index contributed by atoms with van der Waals surface area (Å²) in [4.78, 5) is 0. The van der Waals surface area contributed by atoms with Crippen LogP contribution in [0, 0.1) is 5.41 Å². The lowest BCUT2D eigenvalue weighted by Gasteiger charge is -2.32. The van der Waals surface area contributed by atoms with Crippen molar-refractivity contribution >= 4 is 10.2 Å². The maximum absolute atomic E-state index is 12.4. The Morgan fingerprint density at radius 3 is 2.30 bits per heavy atom. The van der Waals surface area contributed by atoms with E-state index in [0.717, 1.165) is 51.4 Å². The van der Waals surface area contributed by atoms with E-state index in [9.17, 15) is 13.5 Å². The van der Waals surface area contributed by atoms with Gasteiger partial charge in [0, 0.05) is 31.7 Å². The second-order valence-corrected chi connectivity index (χ2v) is 8.31. The molecule has 0 radical (unpaired) electrons. The highest BCUT2D eigenvalue weighted by Crippen LogP contribution is 2.37. The van der Waals surface area contributed by atoms with Crippen LogP contribution in [0.2, 0.25) is 0 Å². The fourth-order valence-corrected chi connectivity index (χ4v) is 4.80. The number of nitrogens with zero attached hydrogens (tertiary/aromatic N) is 1. The molecule has 118 valence electrons. The molecular weight excluding hydrogens is 276 g/mol. The number of nitrogens with one attached hydrogen (secondary N) is 1. The molecule has 2 aliphatic carbocycles. The number of aliphatic hydroxyl groups excluding tert-OH is 1. The van der Waals surface area contributed by atoms with Crippen LogP contribution in [0.1, 0.15) is 57.8 Å². The predicted octanol–water partition coefficient (Wildman–Crippen LogP) is 1.64. The van der Waals surface area contributed by atoms with Gasteiger partial charge < -0.3 is 5.11 Å². The van der Waals surface area contributed by atoms with Crippen molar-refractivity contribution < 1.29 is 13.5 Å². The van der Waals surface area contributed by atoms with Crippen LogP contribution in [0.25, 0.3) is 0 Å².